The van der Waals surface area contributed by atoms with Crippen LogP contribution in [0.4, 0.5) is 0 Å². The van der Waals surface area contributed by atoms with E-state index < -0.39 is 30.1 Å². The number of benzene rings is 1. The SMILES string of the molecule is COC(=O)[C@@H]1[C@@H]2CC(=O)N(CCc3c[nH]c4ccc(OC)cc34)C[C@@H]2C[C@@H](OC(C)=O)[C@H]1OC. The number of ether oxygens (including phenoxy) is 4. The molecule has 2 aliphatic rings. The van der Waals surface area contributed by atoms with E-state index in [9.17, 15) is 14.4 Å². The number of piperidine rings is 1. The topological polar surface area (TPSA) is 107 Å². The van der Waals surface area contributed by atoms with Crippen molar-refractivity contribution in [2.24, 2.45) is 17.8 Å². The standard InChI is InChI=1S/C25H32N2O7/c1-14(28)34-21-9-16-13-27(22(29)11-19(16)23(24(21)32-3)25(30)33-4)8-7-15-12-26-20-6-5-17(31-2)10-18(15)20/h5-6,10,12,16,19,21,23-24,26H,7-9,11,13H2,1-4H3/t16-,19+,21+,23+,24+/m0/s1. The van der Waals surface area contributed by atoms with Gasteiger partial charge in [-0.1, -0.05) is 0 Å². The Bertz CT molecular complexity index is 1060. The van der Waals surface area contributed by atoms with Crippen LogP contribution < -0.4 is 4.74 Å². The van der Waals surface area contributed by atoms with Crippen LogP contribution >= 0.6 is 0 Å². The lowest BCUT2D eigenvalue weighted by atomic mass is 9.66. The predicted octanol–water partition coefficient (Wildman–Crippen LogP) is 2.32. The van der Waals surface area contributed by atoms with E-state index in [4.69, 9.17) is 18.9 Å². The lowest BCUT2D eigenvalue weighted by Crippen LogP contribution is -2.58. The molecule has 2 heterocycles. The number of fused-ring (bicyclic) bond motifs is 2. The summed E-state index contributed by atoms with van der Waals surface area (Å²) in [7, 11) is 4.45. The average Bonchev–Trinajstić information content (AvgIpc) is 3.23. The van der Waals surface area contributed by atoms with Crippen LogP contribution in [0.1, 0.15) is 25.3 Å². The van der Waals surface area contributed by atoms with E-state index in [2.05, 4.69) is 4.98 Å². The second kappa shape index (κ2) is 10.0. The molecule has 9 nitrogen and oxygen atoms in total. The van der Waals surface area contributed by atoms with Crippen molar-refractivity contribution in [2.45, 2.75) is 38.4 Å². The molecule has 1 saturated carbocycles. The molecule has 34 heavy (non-hydrogen) atoms. The second-order valence-electron chi connectivity index (χ2n) is 9.08. The molecular weight excluding hydrogens is 440 g/mol. The molecule has 1 aromatic carbocycles. The minimum Gasteiger partial charge on any atom is -0.497 e. The molecule has 0 unspecified atom stereocenters. The number of carbonyl (C=O) groups excluding carboxylic acids is 3. The van der Waals surface area contributed by atoms with Crippen LogP contribution in [0.3, 0.4) is 0 Å². The van der Waals surface area contributed by atoms with Crippen LogP contribution in [-0.4, -0.2) is 74.4 Å². The lowest BCUT2D eigenvalue weighted by Gasteiger charge is -2.48. The average molecular weight is 473 g/mol. The van der Waals surface area contributed by atoms with E-state index in [1.807, 2.05) is 29.3 Å². The summed E-state index contributed by atoms with van der Waals surface area (Å²) < 4.78 is 21.5. The van der Waals surface area contributed by atoms with Crippen molar-refractivity contribution in [3.8, 4) is 5.75 Å². The van der Waals surface area contributed by atoms with Crippen molar-refractivity contribution in [1.82, 2.24) is 9.88 Å². The molecule has 5 atom stereocenters. The summed E-state index contributed by atoms with van der Waals surface area (Å²) in [5.74, 6) is -0.949. The number of aromatic amines is 1. The highest BCUT2D eigenvalue weighted by Gasteiger charge is 2.53. The summed E-state index contributed by atoms with van der Waals surface area (Å²) in [6.07, 6.45) is 2.21. The van der Waals surface area contributed by atoms with Crippen molar-refractivity contribution >= 4 is 28.7 Å². The fraction of sp³-hybridized carbons (Fsp3) is 0.560. The highest BCUT2D eigenvalue weighted by atomic mass is 16.6. The zero-order valence-electron chi connectivity index (χ0n) is 20.0. The van der Waals surface area contributed by atoms with Gasteiger partial charge in [-0.05, 0) is 48.4 Å². The van der Waals surface area contributed by atoms with Gasteiger partial charge >= 0.3 is 11.9 Å². The number of carbonyl (C=O) groups is 3. The Kier molecular flexibility index (Phi) is 7.11. The Hall–Kier alpha value is -3.07. The van der Waals surface area contributed by atoms with Gasteiger partial charge in [0.05, 0.1) is 20.1 Å². The molecule has 2 aromatic rings. The van der Waals surface area contributed by atoms with Gasteiger partial charge in [-0.3, -0.25) is 14.4 Å². The fourth-order valence-electron chi connectivity index (χ4n) is 5.63. The molecule has 1 saturated heterocycles. The molecular formula is C25H32N2O7. The third kappa shape index (κ3) is 4.61. The van der Waals surface area contributed by atoms with Gasteiger partial charge in [0, 0.05) is 50.6 Å². The van der Waals surface area contributed by atoms with Crippen LogP contribution in [0.2, 0.25) is 0 Å². The molecule has 0 radical (unpaired) electrons. The van der Waals surface area contributed by atoms with Crippen molar-refractivity contribution < 1.29 is 33.3 Å². The van der Waals surface area contributed by atoms with Gasteiger partial charge in [0.2, 0.25) is 5.91 Å². The Labute approximate surface area is 198 Å². The van der Waals surface area contributed by atoms with Crippen LogP contribution in [-0.2, 0) is 35.0 Å². The Morgan fingerprint density at radius 1 is 1.21 bits per heavy atom. The minimum absolute atomic E-state index is 0.000568. The fourth-order valence-corrected chi connectivity index (χ4v) is 5.63. The maximum Gasteiger partial charge on any atom is 0.311 e. The zero-order valence-corrected chi connectivity index (χ0v) is 20.0. The van der Waals surface area contributed by atoms with Crippen molar-refractivity contribution in [2.75, 3.05) is 34.4 Å². The van der Waals surface area contributed by atoms with Crippen molar-refractivity contribution in [3.63, 3.8) is 0 Å². The first-order chi connectivity index (χ1) is 16.4. The van der Waals surface area contributed by atoms with Crippen LogP contribution in [0.25, 0.3) is 10.9 Å². The van der Waals surface area contributed by atoms with Gasteiger partial charge in [-0.15, -0.1) is 0 Å². The first-order valence-electron chi connectivity index (χ1n) is 11.6. The number of methoxy groups -OCH3 is 3. The van der Waals surface area contributed by atoms with Crippen LogP contribution in [0, 0.1) is 17.8 Å². The third-order valence-electron chi connectivity index (χ3n) is 7.23. The van der Waals surface area contributed by atoms with Gasteiger partial charge in [-0.25, -0.2) is 0 Å². The van der Waals surface area contributed by atoms with E-state index >= 15 is 0 Å². The monoisotopic (exact) mass is 472 g/mol. The summed E-state index contributed by atoms with van der Waals surface area (Å²) >= 11 is 0. The summed E-state index contributed by atoms with van der Waals surface area (Å²) in [4.78, 5) is 42.6. The molecule has 1 aromatic heterocycles. The molecule has 1 aliphatic heterocycles. The molecule has 1 N–H and O–H groups in total. The van der Waals surface area contributed by atoms with Gasteiger partial charge in [0.1, 0.15) is 18.0 Å². The highest BCUT2D eigenvalue weighted by molar-refractivity contribution is 5.85. The number of aromatic nitrogens is 1. The van der Waals surface area contributed by atoms with Gasteiger partial charge in [-0.2, -0.15) is 0 Å². The molecule has 184 valence electrons. The number of hydrogen-bond donors (Lipinski definition) is 1. The normalized spacial score (nSPS) is 26.8. The van der Waals surface area contributed by atoms with Crippen LogP contribution in [0.5, 0.6) is 5.75 Å². The van der Waals surface area contributed by atoms with Gasteiger partial charge in [0.25, 0.3) is 0 Å². The van der Waals surface area contributed by atoms with E-state index in [0.29, 0.717) is 25.9 Å². The number of nitrogens with one attached hydrogen (secondary N) is 1. The molecule has 1 amide bonds. The smallest absolute Gasteiger partial charge is 0.311 e. The number of H-pyrrole nitrogens is 1. The van der Waals surface area contributed by atoms with Crippen molar-refractivity contribution in [1.29, 1.82) is 0 Å². The molecule has 9 heteroatoms. The Balaban J connectivity index is 1.51. The third-order valence-corrected chi connectivity index (χ3v) is 7.23. The number of nitrogens with zero attached hydrogens (tertiary/aromatic N) is 1. The van der Waals surface area contributed by atoms with Gasteiger partial charge < -0.3 is 28.8 Å². The van der Waals surface area contributed by atoms with Crippen molar-refractivity contribution in [3.05, 3.63) is 30.0 Å². The number of likely N-dealkylation sites (tertiary alicyclic amines) is 1. The summed E-state index contributed by atoms with van der Waals surface area (Å²) in [6, 6.07) is 5.88. The minimum atomic E-state index is -0.662. The highest BCUT2D eigenvalue weighted by Crippen LogP contribution is 2.43. The molecule has 4 rings (SSSR count). The summed E-state index contributed by atoms with van der Waals surface area (Å²) in [6.45, 7) is 2.40. The van der Waals surface area contributed by atoms with Crippen LogP contribution in [0.15, 0.2) is 24.4 Å². The number of hydrogen-bond acceptors (Lipinski definition) is 7. The summed E-state index contributed by atoms with van der Waals surface area (Å²) in [5, 5.41) is 1.07. The lowest BCUT2D eigenvalue weighted by molar-refractivity contribution is -0.187. The largest absolute Gasteiger partial charge is 0.497 e. The quantitative estimate of drug-likeness (QED) is 0.616. The maximum absolute atomic E-state index is 13.1. The molecule has 2 fully saturated rings. The van der Waals surface area contributed by atoms with E-state index in [-0.39, 0.29) is 24.2 Å². The predicted molar refractivity (Wildman–Crippen MR) is 123 cm³/mol. The number of esters is 2. The Morgan fingerprint density at radius 3 is 2.68 bits per heavy atom. The molecule has 0 spiro atoms. The van der Waals surface area contributed by atoms with E-state index in [0.717, 1.165) is 22.2 Å². The Morgan fingerprint density at radius 2 is 2.00 bits per heavy atom. The van der Waals surface area contributed by atoms with Gasteiger partial charge in [0.15, 0.2) is 0 Å². The second-order valence-corrected chi connectivity index (χ2v) is 9.08. The van der Waals surface area contributed by atoms with E-state index in [1.165, 1.54) is 21.1 Å². The maximum atomic E-state index is 13.1. The number of amides is 1. The first kappa shape index (κ1) is 24.1. The summed E-state index contributed by atoms with van der Waals surface area (Å²) in [5.41, 5.74) is 2.13. The first-order valence-corrected chi connectivity index (χ1v) is 11.6. The molecule has 1 aliphatic carbocycles. The molecule has 0 bridgehead atoms. The number of rotatable bonds is 7. The van der Waals surface area contributed by atoms with E-state index in [1.54, 1.807) is 7.11 Å². The zero-order chi connectivity index (χ0) is 24.4.